The molecule has 3 rings (SSSR count). The van der Waals surface area contributed by atoms with E-state index in [1.165, 1.54) is 25.7 Å². The van der Waals surface area contributed by atoms with E-state index in [4.69, 9.17) is 16.3 Å². The molecule has 0 aromatic heterocycles. The minimum atomic E-state index is -0.0170. The number of nitrogens with zero attached hydrogens (tertiary/aromatic N) is 1. The largest absolute Gasteiger partial charge is 0.378 e. The summed E-state index contributed by atoms with van der Waals surface area (Å²) in [5.74, 6) is -0.0170. The standard InChI is InChI=1S/C18H26ClN3O2/c19-16-11-14(21-18(23)12-15-13-24-10-7-20-15)5-6-17(16)22-8-3-1-2-4-9-22/h5-6,11,15,20H,1-4,7-10,12-13H2,(H,21,23). The Kier molecular flexibility index (Phi) is 6.35. The van der Waals surface area contributed by atoms with Gasteiger partial charge in [-0.15, -0.1) is 0 Å². The van der Waals surface area contributed by atoms with Gasteiger partial charge in [0, 0.05) is 37.8 Å². The second kappa shape index (κ2) is 8.70. The molecule has 2 saturated heterocycles. The maximum absolute atomic E-state index is 12.2. The number of nitrogens with one attached hydrogen (secondary N) is 2. The summed E-state index contributed by atoms with van der Waals surface area (Å²) in [7, 11) is 0. The second-order valence-electron chi connectivity index (χ2n) is 6.55. The van der Waals surface area contributed by atoms with Crippen LogP contribution >= 0.6 is 11.6 Å². The third kappa shape index (κ3) is 4.85. The van der Waals surface area contributed by atoms with Gasteiger partial charge in [0.2, 0.25) is 5.91 Å². The van der Waals surface area contributed by atoms with Crippen molar-refractivity contribution >= 4 is 28.9 Å². The maximum atomic E-state index is 12.2. The van der Waals surface area contributed by atoms with Gasteiger partial charge in [0.15, 0.2) is 0 Å². The molecule has 1 aromatic rings. The van der Waals surface area contributed by atoms with Gasteiger partial charge in [0.1, 0.15) is 0 Å². The van der Waals surface area contributed by atoms with E-state index in [-0.39, 0.29) is 11.9 Å². The fraction of sp³-hybridized carbons (Fsp3) is 0.611. The zero-order valence-corrected chi connectivity index (χ0v) is 14.8. The summed E-state index contributed by atoms with van der Waals surface area (Å²) in [5.41, 5.74) is 1.82. The fourth-order valence-electron chi connectivity index (χ4n) is 3.34. The van der Waals surface area contributed by atoms with E-state index < -0.39 is 0 Å². The molecule has 2 aliphatic heterocycles. The van der Waals surface area contributed by atoms with Crippen LogP contribution in [0.2, 0.25) is 5.02 Å². The molecule has 0 radical (unpaired) electrons. The van der Waals surface area contributed by atoms with Crippen LogP contribution in [0.25, 0.3) is 0 Å². The molecule has 5 nitrogen and oxygen atoms in total. The first-order chi connectivity index (χ1) is 11.7. The van der Waals surface area contributed by atoms with E-state index in [0.29, 0.717) is 24.7 Å². The van der Waals surface area contributed by atoms with Crippen LogP contribution in [0.15, 0.2) is 18.2 Å². The van der Waals surface area contributed by atoms with Crippen LogP contribution in [0.3, 0.4) is 0 Å². The monoisotopic (exact) mass is 351 g/mol. The van der Waals surface area contributed by atoms with Crippen LogP contribution < -0.4 is 15.5 Å². The zero-order chi connectivity index (χ0) is 16.8. The Hall–Kier alpha value is -1.30. The first kappa shape index (κ1) is 17.5. The van der Waals surface area contributed by atoms with Crippen LogP contribution in [-0.4, -0.2) is 44.8 Å². The van der Waals surface area contributed by atoms with Crippen LogP contribution in [0.4, 0.5) is 11.4 Å². The molecule has 0 bridgehead atoms. The topological polar surface area (TPSA) is 53.6 Å². The first-order valence-electron chi connectivity index (χ1n) is 8.88. The minimum absolute atomic E-state index is 0.0170. The smallest absolute Gasteiger partial charge is 0.226 e. The van der Waals surface area contributed by atoms with Gasteiger partial charge < -0.3 is 20.3 Å². The third-order valence-corrected chi connectivity index (χ3v) is 4.91. The Morgan fingerprint density at radius 1 is 1.29 bits per heavy atom. The van der Waals surface area contributed by atoms with Crippen molar-refractivity contribution in [2.75, 3.05) is 43.1 Å². The predicted octanol–water partition coefficient (Wildman–Crippen LogP) is 3.04. The minimum Gasteiger partial charge on any atom is -0.378 e. The molecule has 0 aliphatic carbocycles. The zero-order valence-electron chi connectivity index (χ0n) is 14.0. The summed E-state index contributed by atoms with van der Waals surface area (Å²) in [5, 5.41) is 6.92. The first-order valence-corrected chi connectivity index (χ1v) is 9.25. The number of halogens is 1. The molecule has 2 fully saturated rings. The Bertz CT molecular complexity index is 553. The number of carbonyl (C=O) groups is 1. The number of anilines is 2. The molecular weight excluding hydrogens is 326 g/mol. The van der Waals surface area contributed by atoms with E-state index in [1.54, 1.807) is 0 Å². The molecule has 1 aromatic carbocycles. The molecule has 0 saturated carbocycles. The van der Waals surface area contributed by atoms with Gasteiger partial charge in [-0.2, -0.15) is 0 Å². The average Bonchev–Trinajstić information content (AvgIpc) is 2.85. The summed E-state index contributed by atoms with van der Waals surface area (Å²) in [6, 6.07) is 5.90. The van der Waals surface area contributed by atoms with Gasteiger partial charge in [0.05, 0.1) is 23.9 Å². The number of amides is 1. The quantitative estimate of drug-likeness (QED) is 0.875. The van der Waals surface area contributed by atoms with Crippen LogP contribution in [-0.2, 0) is 9.53 Å². The summed E-state index contributed by atoms with van der Waals surface area (Å²) in [6.45, 7) is 4.21. The van der Waals surface area contributed by atoms with Crippen molar-refractivity contribution in [2.45, 2.75) is 38.1 Å². The SMILES string of the molecule is O=C(CC1COCCN1)Nc1ccc(N2CCCCCC2)c(Cl)c1. The highest BCUT2D eigenvalue weighted by molar-refractivity contribution is 6.33. The highest BCUT2D eigenvalue weighted by Gasteiger charge is 2.18. The van der Waals surface area contributed by atoms with Crippen molar-refractivity contribution < 1.29 is 9.53 Å². The van der Waals surface area contributed by atoms with Gasteiger partial charge >= 0.3 is 0 Å². The second-order valence-corrected chi connectivity index (χ2v) is 6.95. The lowest BCUT2D eigenvalue weighted by molar-refractivity contribution is -0.117. The highest BCUT2D eigenvalue weighted by atomic mass is 35.5. The fourth-order valence-corrected chi connectivity index (χ4v) is 3.64. The molecule has 24 heavy (non-hydrogen) atoms. The number of hydrogen-bond donors (Lipinski definition) is 2. The van der Waals surface area contributed by atoms with Crippen molar-refractivity contribution in [2.24, 2.45) is 0 Å². The third-order valence-electron chi connectivity index (χ3n) is 4.61. The summed E-state index contributed by atoms with van der Waals surface area (Å²) < 4.78 is 5.38. The summed E-state index contributed by atoms with van der Waals surface area (Å²) in [4.78, 5) is 14.5. The predicted molar refractivity (Wildman–Crippen MR) is 98.0 cm³/mol. The lowest BCUT2D eigenvalue weighted by Crippen LogP contribution is -2.43. The van der Waals surface area contributed by atoms with Crippen molar-refractivity contribution in [1.29, 1.82) is 0 Å². The van der Waals surface area contributed by atoms with E-state index in [1.807, 2.05) is 18.2 Å². The van der Waals surface area contributed by atoms with E-state index in [9.17, 15) is 4.79 Å². The lowest BCUT2D eigenvalue weighted by atomic mass is 10.2. The number of ether oxygens (including phenoxy) is 1. The molecule has 2 N–H and O–H groups in total. The van der Waals surface area contributed by atoms with Crippen LogP contribution in [0.1, 0.15) is 32.1 Å². The average molecular weight is 352 g/mol. The lowest BCUT2D eigenvalue weighted by Gasteiger charge is -2.24. The number of rotatable bonds is 4. The number of benzene rings is 1. The summed E-state index contributed by atoms with van der Waals surface area (Å²) in [6.07, 6.45) is 5.42. The van der Waals surface area contributed by atoms with Crippen LogP contribution in [0, 0.1) is 0 Å². The molecule has 0 spiro atoms. The Balaban J connectivity index is 1.58. The highest BCUT2D eigenvalue weighted by Crippen LogP contribution is 2.30. The maximum Gasteiger partial charge on any atom is 0.226 e. The summed E-state index contributed by atoms with van der Waals surface area (Å²) >= 11 is 6.47. The van der Waals surface area contributed by atoms with Crippen LogP contribution in [0.5, 0.6) is 0 Å². The van der Waals surface area contributed by atoms with Crippen molar-refractivity contribution in [3.05, 3.63) is 23.2 Å². The molecule has 1 unspecified atom stereocenters. The van der Waals surface area contributed by atoms with Crippen molar-refractivity contribution in [1.82, 2.24) is 5.32 Å². The van der Waals surface area contributed by atoms with Gasteiger partial charge in [0.25, 0.3) is 0 Å². The molecule has 132 valence electrons. The van der Waals surface area contributed by atoms with Gasteiger partial charge in [-0.1, -0.05) is 24.4 Å². The molecule has 1 amide bonds. The Morgan fingerprint density at radius 3 is 2.75 bits per heavy atom. The molecule has 2 aliphatic rings. The van der Waals surface area contributed by atoms with E-state index in [2.05, 4.69) is 15.5 Å². The normalized spacial score (nSPS) is 22.0. The van der Waals surface area contributed by atoms with Crippen molar-refractivity contribution in [3.63, 3.8) is 0 Å². The molecule has 1 atom stereocenters. The number of carbonyl (C=O) groups excluding carboxylic acids is 1. The van der Waals surface area contributed by atoms with Crippen molar-refractivity contribution in [3.8, 4) is 0 Å². The number of morpholine rings is 1. The molecular formula is C18H26ClN3O2. The Morgan fingerprint density at radius 2 is 2.08 bits per heavy atom. The van der Waals surface area contributed by atoms with E-state index >= 15 is 0 Å². The van der Waals surface area contributed by atoms with Gasteiger partial charge in [-0.25, -0.2) is 0 Å². The van der Waals surface area contributed by atoms with E-state index in [0.717, 1.165) is 31.0 Å². The van der Waals surface area contributed by atoms with Gasteiger partial charge in [-0.3, -0.25) is 4.79 Å². The molecule has 2 heterocycles. The number of hydrogen-bond acceptors (Lipinski definition) is 4. The van der Waals surface area contributed by atoms with Gasteiger partial charge in [-0.05, 0) is 31.0 Å². The molecule has 6 heteroatoms. The Labute approximate surface area is 148 Å².